The van der Waals surface area contributed by atoms with E-state index in [1.165, 1.54) is 6.92 Å². The van der Waals surface area contributed by atoms with E-state index in [0.717, 1.165) is 0 Å². The second-order valence-electron chi connectivity index (χ2n) is 13.5. The van der Waals surface area contributed by atoms with Gasteiger partial charge in [-0.05, 0) is 79.7 Å². The molecule has 2 N–H and O–H groups in total. The molecule has 0 saturated carbocycles. The van der Waals surface area contributed by atoms with Crippen molar-refractivity contribution in [1.29, 1.82) is 0 Å². The van der Waals surface area contributed by atoms with Crippen molar-refractivity contribution in [3.8, 4) is 0 Å². The number of esters is 3. The molecule has 0 radical (unpaired) electrons. The van der Waals surface area contributed by atoms with E-state index in [1.54, 1.807) is 76.2 Å². The fraction of sp³-hybridized carbons (Fsp3) is 0.767. The highest BCUT2D eigenvalue weighted by molar-refractivity contribution is 5.85. The average molecular weight is 694 g/mol. The number of carboxylic acids is 1. The van der Waals surface area contributed by atoms with Crippen molar-refractivity contribution < 1.29 is 72.2 Å². The molecule has 0 aromatic rings. The van der Waals surface area contributed by atoms with Crippen molar-refractivity contribution in [3.05, 3.63) is 10.4 Å². The summed E-state index contributed by atoms with van der Waals surface area (Å²) in [7, 11) is 0. The van der Waals surface area contributed by atoms with Crippen LogP contribution in [0.25, 0.3) is 10.4 Å². The van der Waals surface area contributed by atoms with E-state index >= 15 is 0 Å². The number of hydrogen-bond donors (Lipinski definition) is 2. The van der Waals surface area contributed by atoms with Crippen LogP contribution < -0.4 is 0 Å². The summed E-state index contributed by atoms with van der Waals surface area (Å²) in [6.45, 7) is 19.7. The largest absolute Gasteiger partial charge is 0.516 e. The van der Waals surface area contributed by atoms with Gasteiger partial charge in [-0.2, -0.15) is 0 Å². The van der Waals surface area contributed by atoms with E-state index in [0.29, 0.717) is 0 Å². The molecule has 0 saturated heterocycles. The Balaban J connectivity index is -0.000000634. The Kier molecular flexibility index (Phi) is 23.0. The van der Waals surface area contributed by atoms with Crippen LogP contribution in [0, 0.1) is 17.8 Å². The quantitative estimate of drug-likeness (QED) is 0.0677. The van der Waals surface area contributed by atoms with Gasteiger partial charge in [-0.3, -0.25) is 19.2 Å². The lowest BCUT2D eigenvalue weighted by Crippen LogP contribution is -2.27. The third-order valence-electron chi connectivity index (χ3n) is 4.45. The molecule has 0 aromatic heterocycles. The minimum Gasteiger partial charge on any atom is -0.481 e. The fourth-order valence-corrected chi connectivity index (χ4v) is 2.43. The van der Waals surface area contributed by atoms with Crippen LogP contribution in [0.15, 0.2) is 5.11 Å². The maximum atomic E-state index is 11.3. The number of carbonyl (C=O) groups is 7. The summed E-state index contributed by atoms with van der Waals surface area (Å²) in [5.74, 6) is -4.72. The third kappa shape index (κ3) is 34.4. The molecule has 0 aliphatic carbocycles. The maximum absolute atomic E-state index is 11.3. The number of azide groups is 1. The molecule has 0 fully saturated rings. The van der Waals surface area contributed by atoms with Crippen molar-refractivity contribution in [2.75, 3.05) is 13.2 Å². The predicted octanol–water partition coefficient (Wildman–Crippen LogP) is 5.86. The number of hydrogen-bond acceptors (Lipinski definition) is 15. The lowest BCUT2D eigenvalue weighted by molar-refractivity contribution is -0.149. The summed E-state index contributed by atoms with van der Waals surface area (Å²) in [5, 5.41) is 20.5. The topological polar surface area (TPSA) is 264 Å². The van der Waals surface area contributed by atoms with Gasteiger partial charge in [0.05, 0.1) is 18.8 Å². The Morgan fingerprint density at radius 1 is 0.625 bits per heavy atom. The smallest absolute Gasteiger partial charge is 0.481 e. The number of carbonyl (C=O) groups excluding carboxylic acids is 6. The van der Waals surface area contributed by atoms with Gasteiger partial charge in [0.1, 0.15) is 16.8 Å². The number of nitrogens with zero attached hydrogens (tertiary/aromatic N) is 3. The summed E-state index contributed by atoms with van der Waals surface area (Å²) < 4.78 is 27.4. The molecule has 0 aliphatic heterocycles. The molecule has 0 aliphatic rings. The number of aliphatic hydroxyl groups excluding tert-OH is 1. The van der Waals surface area contributed by atoms with E-state index in [-0.39, 0.29) is 44.2 Å². The molecule has 0 amide bonds. The van der Waals surface area contributed by atoms with Crippen LogP contribution in [0.2, 0.25) is 0 Å². The first-order valence-electron chi connectivity index (χ1n) is 14.8. The van der Waals surface area contributed by atoms with Crippen LogP contribution in [-0.4, -0.2) is 82.5 Å². The highest BCUT2D eigenvalue weighted by Gasteiger charge is 2.24. The molecule has 3 atom stereocenters. The van der Waals surface area contributed by atoms with Gasteiger partial charge < -0.3 is 38.6 Å². The molecule has 0 rings (SSSR count). The SMILES string of the molecule is CC(CC(=O)OC(=O)OC(C)(C)C)C(=O)O.CC(CN=[N+]=[N-])CC(=O)OC(=O)OC(C)(C)C.CC(CO)CC(=O)OC(=O)OC(C)(C)C. The van der Waals surface area contributed by atoms with Crippen molar-refractivity contribution in [3.63, 3.8) is 0 Å². The molecule has 18 nitrogen and oxygen atoms in total. The average Bonchev–Trinajstić information content (AvgIpc) is 2.83. The van der Waals surface area contributed by atoms with Gasteiger partial charge >= 0.3 is 42.3 Å². The summed E-state index contributed by atoms with van der Waals surface area (Å²) >= 11 is 0. The highest BCUT2D eigenvalue weighted by atomic mass is 16.8. The molecule has 0 heterocycles. The van der Waals surface area contributed by atoms with E-state index in [2.05, 4.69) is 24.2 Å². The first-order chi connectivity index (χ1) is 21.6. The minimum absolute atomic E-state index is 0.00172. The van der Waals surface area contributed by atoms with Crippen molar-refractivity contribution in [1.82, 2.24) is 0 Å². The van der Waals surface area contributed by atoms with Gasteiger partial charge in [0.15, 0.2) is 0 Å². The lowest BCUT2D eigenvalue weighted by Gasteiger charge is -2.18. The van der Waals surface area contributed by atoms with Crippen molar-refractivity contribution >= 4 is 42.3 Å². The summed E-state index contributed by atoms with van der Waals surface area (Å²) in [6.07, 6.45) is -3.51. The van der Waals surface area contributed by atoms with Crippen molar-refractivity contribution in [2.24, 2.45) is 22.9 Å². The molecule has 0 bridgehead atoms. The summed E-state index contributed by atoms with van der Waals surface area (Å²) in [4.78, 5) is 79.5. The number of carboxylic acid groups (broad SMARTS) is 1. The molecular weight excluding hydrogens is 642 g/mol. The number of aliphatic hydroxyl groups is 1. The van der Waals surface area contributed by atoms with Gasteiger partial charge in [-0.1, -0.05) is 25.9 Å². The van der Waals surface area contributed by atoms with Crippen molar-refractivity contribution in [2.45, 2.75) is 119 Å². The van der Waals surface area contributed by atoms with Gasteiger partial charge in [0, 0.05) is 24.5 Å². The Morgan fingerprint density at radius 2 is 0.938 bits per heavy atom. The zero-order chi connectivity index (χ0) is 38.5. The zero-order valence-corrected chi connectivity index (χ0v) is 29.8. The lowest BCUT2D eigenvalue weighted by atomic mass is 10.1. The molecule has 48 heavy (non-hydrogen) atoms. The fourth-order valence-electron chi connectivity index (χ4n) is 2.43. The van der Waals surface area contributed by atoms with Gasteiger partial charge in [0.2, 0.25) is 0 Å². The Labute approximate surface area is 280 Å². The van der Waals surface area contributed by atoms with E-state index < -0.39 is 65.1 Å². The first-order valence-corrected chi connectivity index (χ1v) is 14.8. The maximum Gasteiger partial charge on any atom is 0.516 e. The Morgan fingerprint density at radius 3 is 1.21 bits per heavy atom. The number of rotatable bonds is 10. The van der Waals surface area contributed by atoms with Gasteiger partial charge in [-0.25, -0.2) is 14.4 Å². The molecular formula is C30H51N3O15. The zero-order valence-electron chi connectivity index (χ0n) is 29.8. The first kappa shape index (κ1) is 48.0. The van der Waals surface area contributed by atoms with Crippen LogP contribution in [-0.2, 0) is 47.6 Å². The van der Waals surface area contributed by atoms with E-state index in [1.807, 2.05) is 0 Å². The van der Waals surface area contributed by atoms with Crippen LogP contribution in [0.4, 0.5) is 14.4 Å². The third-order valence-corrected chi connectivity index (χ3v) is 4.45. The van der Waals surface area contributed by atoms with Crippen LogP contribution in [0.1, 0.15) is 102 Å². The van der Waals surface area contributed by atoms with Crippen LogP contribution >= 0.6 is 0 Å². The Bertz CT molecular complexity index is 1130. The minimum atomic E-state index is -1.12. The molecule has 0 aromatic carbocycles. The Hall–Kier alpha value is -4.44. The summed E-state index contributed by atoms with van der Waals surface area (Å²) in [5.41, 5.74) is 5.96. The monoisotopic (exact) mass is 693 g/mol. The van der Waals surface area contributed by atoms with E-state index in [4.69, 9.17) is 30.0 Å². The second kappa shape index (κ2) is 23.0. The van der Waals surface area contributed by atoms with Crippen LogP contribution in [0.5, 0.6) is 0 Å². The standard InChI is InChI=1S/C10H17N3O4.C10H16O6.C10H18O5/c1-7(6-12-13-11)5-8(14)16-9(15)17-10(2,3)4;1-6(8(12)13)5-7(11)15-9(14)16-10(2,3)4;1-7(6-11)5-8(12)14-9(13)15-10(2,3)4/h7H,5-6H2,1-4H3;6H,5H2,1-4H3,(H,12,13);7,11H,5-6H2,1-4H3. The van der Waals surface area contributed by atoms with E-state index in [9.17, 15) is 33.6 Å². The molecule has 18 heteroatoms. The molecule has 3 unspecified atom stereocenters. The number of ether oxygens (including phenoxy) is 6. The second-order valence-corrected chi connectivity index (χ2v) is 13.5. The summed E-state index contributed by atoms with van der Waals surface area (Å²) in [6, 6.07) is 0. The normalized spacial score (nSPS) is 12.7. The molecule has 276 valence electrons. The predicted molar refractivity (Wildman–Crippen MR) is 167 cm³/mol. The van der Waals surface area contributed by atoms with Gasteiger partial charge in [0.25, 0.3) is 0 Å². The highest BCUT2D eigenvalue weighted by Crippen LogP contribution is 2.12. The van der Waals surface area contributed by atoms with Crippen LogP contribution in [0.3, 0.4) is 0 Å². The number of aliphatic carboxylic acids is 1. The van der Waals surface area contributed by atoms with Gasteiger partial charge in [-0.15, -0.1) is 0 Å². The molecule has 0 spiro atoms.